The first-order valence-electron chi connectivity index (χ1n) is 11.0. The minimum atomic E-state index is -0.538. The summed E-state index contributed by atoms with van der Waals surface area (Å²) in [5.41, 5.74) is 2.06. The van der Waals surface area contributed by atoms with E-state index in [4.69, 9.17) is 4.74 Å². The van der Waals surface area contributed by atoms with Gasteiger partial charge in [0, 0.05) is 23.7 Å². The fraction of sp³-hybridized carbons (Fsp3) is 0.696. The van der Waals surface area contributed by atoms with Crippen molar-refractivity contribution in [3.63, 3.8) is 0 Å². The number of Topliss-reactive ketones (excluding diaryl/α,β-unsaturated/α-hetero) is 1. The minimum Gasteiger partial charge on any atom is -0.464 e. The fourth-order valence-electron chi connectivity index (χ4n) is 4.75. The Morgan fingerprint density at radius 2 is 1.72 bits per heavy atom. The molecule has 0 aromatic carbocycles. The molecule has 1 heterocycles. The van der Waals surface area contributed by atoms with E-state index in [1.165, 1.54) is 26.4 Å². The van der Waals surface area contributed by atoms with Crippen LogP contribution in [0.15, 0.2) is 0 Å². The van der Waals surface area contributed by atoms with Crippen LogP contribution in [0.3, 0.4) is 0 Å². The van der Waals surface area contributed by atoms with Gasteiger partial charge in [0.05, 0.1) is 13.2 Å². The van der Waals surface area contributed by atoms with Crippen molar-refractivity contribution in [2.45, 2.75) is 78.2 Å². The van der Waals surface area contributed by atoms with Gasteiger partial charge in [0.25, 0.3) is 0 Å². The molecule has 1 aromatic heterocycles. The lowest BCUT2D eigenvalue weighted by molar-refractivity contribution is -0.140. The molecule has 2 saturated carbocycles. The summed E-state index contributed by atoms with van der Waals surface area (Å²) in [6.45, 7) is 6.05. The Bertz CT molecular complexity index is 772. The number of aryl methyl sites for hydroxylation is 1. The number of ether oxygens (including phenoxy) is 1. The Kier molecular flexibility index (Phi) is 6.81. The van der Waals surface area contributed by atoms with E-state index >= 15 is 0 Å². The summed E-state index contributed by atoms with van der Waals surface area (Å²) in [7, 11) is 1.32. The molecule has 0 unspecified atom stereocenters. The molecule has 1 aromatic rings. The van der Waals surface area contributed by atoms with Gasteiger partial charge in [-0.05, 0) is 57.9 Å². The highest BCUT2D eigenvalue weighted by molar-refractivity contribution is 6.06. The Morgan fingerprint density at radius 1 is 1.07 bits per heavy atom. The molecule has 6 nitrogen and oxygen atoms in total. The maximum Gasteiger partial charge on any atom is 0.354 e. The normalized spacial score (nSPS) is 18.8. The van der Waals surface area contributed by atoms with Gasteiger partial charge in [-0.1, -0.05) is 25.7 Å². The van der Waals surface area contributed by atoms with Gasteiger partial charge in [0.1, 0.15) is 5.69 Å². The van der Waals surface area contributed by atoms with Crippen LogP contribution in [-0.2, 0) is 9.53 Å². The van der Waals surface area contributed by atoms with Crippen molar-refractivity contribution < 1.29 is 19.1 Å². The summed E-state index contributed by atoms with van der Waals surface area (Å²) in [6, 6.07) is -0.538. The van der Waals surface area contributed by atoms with Gasteiger partial charge in [0.2, 0.25) is 5.91 Å². The predicted molar refractivity (Wildman–Crippen MR) is 111 cm³/mol. The lowest BCUT2D eigenvalue weighted by Gasteiger charge is -2.38. The van der Waals surface area contributed by atoms with Crippen LogP contribution in [0.5, 0.6) is 0 Å². The van der Waals surface area contributed by atoms with Crippen LogP contribution in [-0.4, -0.2) is 47.2 Å². The van der Waals surface area contributed by atoms with E-state index in [9.17, 15) is 14.4 Å². The van der Waals surface area contributed by atoms with Crippen molar-refractivity contribution in [1.82, 2.24) is 9.88 Å². The maximum atomic E-state index is 13.5. The first-order chi connectivity index (χ1) is 13.8. The number of nitrogens with zero attached hydrogens (tertiary/aromatic N) is 1. The molecule has 0 saturated heterocycles. The molecule has 0 spiro atoms. The van der Waals surface area contributed by atoms with Crippen LogP contribution >= 0.6 is 0 Å². The number of carbonyl (C=O) groups excluding carboxylic acids is 3. The molecule has 2 fully saturated rings. The number of ketones is 1. The van der Waals surface area contributed by atoms with Crippen molar-refractivity contribution in [2.75, 3.05) is 13.7 Å². The van der Waals surface area contributed by atoms with Crippen LogP contribution in [0.25, 0.3) is 0 Å². The highest BCUT2D eigenvalue weighted by atomic mass is 16.5. The molecule has 3 rings (SSSR count). The number of rotatable bonds is 7. The lowest BCUT2D eigenvalue weighted by atomic mass is 9.82. The summed E-state index contributed by atoms with van der Waals surface area (Å²) < 4.78 is 4.82. The first-order valence-corrected chi connectivity index (χ1v) is 11.0. The SMILES string of the molecule is COC(=O)c1[nH]c(C)c(C(=O)[C@H](C)N(CC2CCCCC2)C(=O)C2CCC2)c1C. The predicted octanol–water partition coefficient (Wildman–Crippen LogP) is 4.20. The number of amides is 1. The zero-order valence-electron chi connectivity index (χ0n) is 18.2. The number of hydrogen-bond acceptors (Lipinski definition) is 4. The highest BCUT2D eigenvalue weighted by Crippen LogP contribution is 2.32. The van der Waals surface area contributed by atoms with Crippen LogP contribution in [0.1, 0.15) is 90.4 Å². The third-order valence-corrected chi connectivity index (χ3v) is 6.84. The number of H-pyrrole nitrogens is 1. The topological polar surface area (TPSA) is 79.5 Å². The smallest absolute Gasteiger partial charge is 0.354 e. The van der Waals surface area contributed by atoms with E-state index in [0.29, 0.717) is 35.0 Å². The number of hydrogen-bond donors (Lipinski definition) is 1. The molecular formula is C23H34N2O4. The van der Waals surface area contributed by atoms with E-state index in [-0.39, 0.29) is 17.6 Å². The van der Waals surface area contributed by atoms with Crippen molar-refractivity contribution in [1.29, 1.82) is 0 Å². The van der Waals surface area contributed by atoms with Gasteiger partial charge in [-0.3, -0.25) is 9.59 Å². The second kappa shape index (κ2) is 9.14. The number of nitrogens with one attached hydrogen (secondary N) is 1. The highest BCUT2D eigenvalue weighted by Gasteiger charge is 2.37. The van der Waals surface area contributed by atoms with Gasteiger partial charge < -0.3 is 14.6 Å². The van der Waals surface area contributed by atoms with E-state index in [2.05, 4.69) is 4.98 Å². The molecule has 29 heavy (non-hydrogen) atoms. The Labute approximate surface area is 173 Å². The summed E-state index contributed by atoms with van der Waals surface area (Å²) in [4.78, 5) is 43.5. The molecule has 0 aliphatic heterocycles. The van der Waals surface area contributed by atoms with E-state index in [1.54, 1.807) is 13.8 Å². The average Bonchev–Trinajstić information content (AvgIpc) is 2.97. The number of methoxy groups -OCH3 is 1. The lowest BCUT2D eigenvalue weighted by Crippen LogP contribution is -2.49. The van der Waals surface area contributed by atoms with Crippen LogP contribution in [0.2, 0.25) is 0 Å². The van der Waals surface area contributed by atoms with Gasteiger partial charge in [-0.15, -0.1) is 0 Å². The van der Waals surface area contributed by atoms with E-state index in [1.807, 2.05) is 11.8 Å². The number of esters is 1. The zero-order chi connectivity index (χ0) is 21.1. The van der Waals surface area contributed by atoms with Crippen LogP contribution in [0, 0.1) is 25.7 Å². The van der Waals surface area contributed by atoms with Crippen molar-refractivity contribution in [3.05, 3.63) is 22.5 Å². The van der Waals surface area contributed by atoms with Gasteiger partial charge in [-0.2, -0.15) is 0 Å². The molecule has 6 heteroatoms. The quantitative estimate of drug-likeness (QED) is 0.548. The molecule has 0 radical (unpaired) electrons. The van der Waals surface area contributed by atoms with E-state index in [0.717, 1.165) is 32.1 Å². The van der Waals surface area contributed by atoms with Gasteiger partial charge in [-0.25, -0.2) is 4.79 Å². The number of carbonyl (C=O) groups is 3. The molecule has 2 aliphatic rings. The van der Waals surface area contributed by atoms with Crippen molar-refractivity contribution in [2.24, 2.45) is 11.8 Å². The summed E-state index contributed by atoms with van der Waals surface area (Å²) >= 11 is 0. The third kappa shape index (κ3) is 4.41. The Balaban J connectivity index is 1.85. The van der Waals surface area contributed by atoms with Crippen LogP contribution < -0.4 is 0 Å². The first kappa shape index (κ1) is 21.6. The van der Waals surface area contributed by atoms with E-state index < -0.39 is 12.0 Å². The second-order valence-electron chi connectivity index (χ2n) is 8.78. The summed E-state index contributed by atoms with van der Waals surface area (Å²) in [5.74, 6) is 0.0773. The number of aromatic amines is 1. The summed E-state index contributed by atoms with van der Waals surface area (Å²) in [6.07, 6.45) is 8.88. The second-order valence-corrected chi connectivity index (χ2v) is 8.78. The van der Waals surface area contributed by atoms with Crippen molar-refractivity contribution in [3.8, 4) is 0 Å². The van der Waals surface area contributed by atoms with Gasteiger partial charge in [0.15, 0.2) is 5.78 Å². The Hall–Kier alpha value is -2.11. The molecule has 1 atom stereocenters. The largest absolute Gasteiger partial charge is 0.464 e. The van der Waals surface area contributed by atoms with Crippen molar-refractivity contribution >= 4 is 17.7 Å². The Morgan fingerprint density at radius 3 is 2.28 bits per heavy atom. The molecule has 1 N–H and O–H groups in total. The molecular weight excluding hydrogens is 368 g/mol. The fourth-order valence-corrected chi connectivity index (χ4v) is 4.75. The molecule has 1 amide bonds. The molecule has 2 aliphatic carbocycles. The van der Waals surface area contributed by atoms with Gasteiger partial charge >= 0.3 is 5.97 Å². The summed E-state index contributed by atoms with van der Waals surface area (Å²) in [5, 5.41) is 0. The zero-order valence-corrected chi connectivity index (χ0v) is 18.2. The van der Waals surface area contributed by atoms with Crippen LogP contribution in [0.4, 0.5) is 0 Å². The molecule has 0 bridgehead atoms. The standard InChI is InChI=1S/C23H34N2O4/c1-14-19(15(2)24-20(14)23(28)29-4)21(26)16(3)25(22(27)18-11-8-12-18)13-17-9-6-5-7-10-17/h16-18,24H,5-13H2,1-4H3/t16-/m0/s1. The monoisotopic (exact) mass is 402 g/mol. The minimum absolute atomic E-state index is 0.0629. The maximum absolute atomic E-state index is 13.5. The average molecular weight is 403 g/mol. The molecule has 160 valence electrons. The third-order valence-electron chi connectivity index (χ3n) is 6.84. The number of aromatic nitrogens is 1.